The minimum Gasteiger partial charge on any atom is -0.390 e. The van der Waals surface area contributed by atoms with E-state index in [9.17, 15) is 28.2 Å². The lowest BCUT2D eigenvalue weighted by Gasteiger charge is -2.31. The van der Waals surface area contributed by atoms with Crippen LogP contribution in [0.15, 0.2) is 54.7 Å². The lowest BCUT2D eigenvalue weighted by atomic mass is 9.82. The second kappa shape index (κ2) is 19.8. The van der Waals surface area contributed by atoms with E-state index in [1.54, 1.807) is 12.3 Å². The van der Waals surface area contributed by atoms with Crippen molar-refractivity contribution in [2.75, 3.05) is 19.3 Å². The Morgan fingerprint density at radius 3 is 2.40 bits per heavy atom. The minimum atomic E-state index is -3.88. The highest BCUT2D eigenvalue weighted by atomic mass is 32.2. The van der Waals surface area contributed by atoms with E-state index >= 15 is 0 Å². The number of pyridine rings is 1. The standard InChI is InChI=1S/C37H54N4O6S/c1-5-14-32(37(45)40-33(25-29-17-10-7-11-18-29)35(43)34(42)23-27(2)3)39-36(44)30(24-28-15-8-6-9-16-28)26-48(46,47)41(4)22-20-31-19-12-13-21-38-31/h1,6,8-9,12-13,15-16,19,21,27,29-30,32-35,42-43H,7,10-11,14,17-18,20,22-26H2,2-4H3,(H,39,44)(H,40,45)/p+1/t30?,32-,33?,34-,35+/m0/s1. The summed E-state index contributed by atoms with van der Waals surface area (Å²) < 4.78 is 28.3. The second-order valence-electron chi connectivity index (χ2n) is 13.7. The number of nitrogens with zero attached hydrogens (tertiary/aromatic N) is 2. The topological polar surface area (TPSA) is 154 Å². The molecular weight excluding hydrogens is 628 g/mol. The molecule has 1 aromatic heterocycles. The summed E-state index contributed by atoms with van der Waals surface area (Å²) in [5, 5.41) is 26.2. The number of rotatable bonds is 19. The first-order valence-corrected chi connectivity index (χ1v) is 18.9. The van der Waals surface area contributed by atoms with E-state index in [0.717, 1.165) is 36.9 Å². The molecule has 264 valence electrons. The van der Waals surface area contributed by atoms with E-state index in [4.69, 9.17) is 6.42 Å². The molecule has 2 aromatic rings. The van der Waals surface area contributed by atoms with Crippen molar-refractivity contribution in [1.29, 1.82) is 0 Å². The molecule has 2 unspecified atom stereocenters. The maximum atomic E-state index is 13.9. The van der Waals surface area contributed by atoms with Gasteiger partial charge in [-0.1, -0.05) is 82.3 Å². The summed E-state index contributed by atoms with van der Waals surface area (Å²) in [7, 11) is -2.39. The summed E-state index contributed by atoms with van der Waals surface area (Å²) in [5.41, 5.74) is 1.54. The predicted molar refractivity (Wildman–Crippen MR) is 187 cm³/mol. The Morgan fingerprint density at radius 1 is 1.08 bits per heavy atom. The highest BCUT2D eigenvalue weighted by Crippen LogP contribution is 2.28. The first-order valence-electron chi connectivity index (χ1n) is 17.3. The van der Waals surface area contributed by atoms with Gasteiger partial charge in [-0.3, -0.25) is 15.1 Å². The molecule has 0 spiro atoms. The third-order valence-electron chi connectivity index (χ3n) is 9.23. The number of aromatic nitrogens is 1. The largest absolute Gasteiger partial charge is 0.390 e. The molecule has 0 bridgehead atoms. The van der Waals surface area contributed by atoms with Crippen LogP contribution in [0, 0.1) is 30.1 Å². The molecule has 2 amide bonds. The van der Waals surface area contributed by atoms with Gasteiger partial charge in [0, 0.05) is 44.7 Å². The fourth-order valence-electron chi connectivity index (χ4n) is 6.44. The fourth-order valence-corrected chi connectivity index (χ4v) is 7.85. The van der Waals surface area contributed by atoms with Gasteiger partial charge in [0.15, 0.2) is 6.04 Å². The number of sulfonamides is 1. The predicted octanol–water partition coefficient (Wildman–Crippen LogP) is 2.45. The maximum absolute atomic E-state index is 13.9. The van der Waals surface area contributed by atoms with Gasteiger partial charge in [-0.05, 0) is 42.4 Å². The molecule has 0 radical (unpaired) electrons. The van der Waals surface area contributed by atoms with Gasteiger partial charge in [0.05, 0.1) is 17.8 Å². The number of amides is 2. The Hall–Kier alpha value is -3.14. The summed E-state index contributed by atoms with van der Waals surface area (Å²) in [4.78, 5) is 31.9. The number of hydrogen-bond acceptors (Lipinski definition) is 7. The first-order chi connectivity index (χ1) is 22.9. The van der Waals surface area contributed by atoms with Crippen molar-refractivity contribution in [3.8, 4) is 12.3 Å². The monoisotopic (exact) mass is 683 g/mol. The van der Waals surface area contributed by atoms with Crippen LogP contribution >= 0.6 is 0 Å². The number of terminal acetylenes is 1. The molecule has 5 atom stereocenters. The number of nitrogens with one attached hydrogen (secondary N) is 1. The van der Waals surface area contributed by atoms with Crippen molar-refractivity contribution < 1.29 is 33.5 Å². The van der Waals surface area contributed by atoms with Gasteiger partial charge in [-0.15, -0.1) is 12.3 Å². The second-order valence-corrected chi connectivity index (χ2v) is 15.8. The fraction of sp³-hybridized carbons (Fsp3) is 0.595. The number of carbonyl (C=O) groups is 2. The van der Waals surface area contributed by atoms with Crippen molar-refractivity contribution in [3.63, 3.8) is 0 Å². The molecule has 1 aromatic carbocycles. The van der Waals surface area contributed by atoms with Gasteiger partial charge in [0.25, 0.3) is 0 Å². The Kier molecular flexibility index (Phi) is 16.2. The van der Waals surface area contributed by atoms with E-state index in [1.807, 2.05) is 56.3 Å². The normalized spacial score (nSPS) is 17.3. The molecule has 1 fully saturated rings. The molecule has 1 saturated carbocycles. The summed E-state index contributed by atoms with van der Waals surface area (Å²) in [6.45, 7) is 4.12. The summed E-state index contributed by atoms with van der Waals surface area (Å²) in [6.07, 6.45) is 11.9. The summed E-state index contributed by atoms with van der Waals surface area (Å²) in [5.74, 6) is 0.447. The molecule has 5 N–H and O–H groups in total. The van der Waals surface area contributed by atoms with Gasteiger partial charge in [-0.2, -0.15) is 0 Å². The zero-order valence-corrected chi connectivity index (χ0v) is 29.5. The lowest BCUT2D eigenvalue weighted by Crippen LogP contribution is -2.98. The number of nitrogens with two attached hydrogens (primary N) is 1. The number of likely N-dealkylation sites (N-methyl/N-ethyl adjacent to an activating group) is 1. The van der Waals surface area contributed by atoms with Crippen molar-refractivity contribution in [1.82, 2.24) is 14.6 Å². The SMILES string of the molecule is C#CC[C@H](NC(=O)C(Cc1ccccc1)CS(=O)(=O)N(C)CCc1ccccn1)C(=O)[NH2+]C(CC1CCCCC1)[C@@H](O)[C@@H](O)CC(C)C. The number of aliphatic hydroxyl groups excluding tert-OH is 2. The molecule has 11 heteroatoms. The van der Waals surface area contributed by atoms with Crippen LogP contribution in [0.1, 0.15) is 76.5 Å². The molecule has 1 aliphatic carbocycles. The number of aliphatic hydroxyl groups is 2. The Balaban J connectivity index is 1.77. The highest BCUT2D eigenvalue weighted by molar-refractivity contribution is 7.89. The van der Waals surface area contributed by atoms with Gasteiger partial charge < -0.3 is 15.5 Å². The summed E-state index contributed by atoms with van der Waals surface area (Å²) in [6, 6.07) is 12.9. The zero-order valence-electron chi connectivity index (χ0n) is 28.7. The highest BCUT2D eigenvalue weighted by Gasteiger charge is 2.37. The van der Waals surface area contributed by atoms with Gasteiger partial charge >= 0.3 is 5.91 Å². The molecule has 0 aliphatic heterocycles. The Labute approximate surface area is 287 Å². The average molecular weight is 684 g/mol. The van der Waals surface area contributed by atoms with Crippen LogP contribution in [0.5, 0.6) is 0 Å². The average Bonchev–Trinajstić information content (AvgIpc) is 3.07. The number of hydrogen-bond donors (Lipinski definition) is 4. The maximum Gasteiger partial charge on any atom is 0.334 e. The molecule has 1 heterocycles. The number of carbonyl (C=O) groups excluding carboxylic acids is 2. The van der Waals surface area contributed by atoms with Crippen LogP contribution in [0.4, 0.5) is 0 Å². The van der Waals surface area contributed by atoms with Crippen LogP contribution in [0.3, 0.4) is 0 Å². The van der Waals surface area contributed by atoms with E-state index in [2.05, 4.69) is 16.2 Å². The van der Waals surface area contributed by atoms with E-state index in [0.29, 0.717) is 25.2 Å². The number of benzene rings is 1. The molecule has 1 aliphatic rings. The van der Waals surface area contributed by atoms with Crippen LogP contribution in [0.25, 0.3) is 0 Å². The zero-order chi connectivity index (χ0) is 35.1. The minimum absolute atomic E-state index is 0.101. The van der Waals surface area contributed by atoms with E-state index in [-0.39, 0.29) is 25.3 Å². The van der Waals surface area contributed by atoms with Crippen LogP contribution in [0.2, 0.25) is 0 Å². The molecular formula is C37H55N4O6S+. The van der Waals surface area contributed by atoms with Gasteiger partial charge in [-0.25, -0.2) is 17.5 Å². The van der Waals surface area contributed by atoms with Crippen molar-refractivity contribution in [3.05, 3.63) is 66.0 Å². The van der Waals surface area contributed by atoms with Crippen molar-refractivity contribution >= 4 is 21.8 Å². The smallest absolute Gasteiger partial charge is 0.334 e. The van der Waals surface area contributed by atoms with Crippen LogP contribution in [-0.4, -0.2) is 83.4 Å². The number of quaternary nitrogens is 1. The molecule has 48 heavy (non-hydrogen) atoms. The molecule has 3 rings (SSSR count). The molecule has 0 saturated heterocycles. The quantitative estimate of drug-likeness (QED) is 0.166. The lowest BCUT2D eigenvalue weighted by molar-refractivity contribution is -0.620. The van der Waals surface area contributed by atoms with Gasteiger partial charge in [0.2, 0.25) is 15.9 Å². The summed E-state index contributed by atoms with van der Waals surface area (Å²) >= 11 is 0. The van der Waals surface area contributed by atoms with Gasteiger partial charge in [0.1, 0.15) is 12.1 Å². The van der Waals surface area contributed by atoms with Crippen LogP contribution < -0.4 is 10.6 Å². The third-order valence-corrected chi connectivity index (χ3v) is 11.2. The van der Waals surface area contributed by atoms with Crippen LogP contribution in [-0.2, 0) is 32.5 Å². The van der Waals surface area contributed by atoms with E-state index < -0.39 is 57.8 Å². The van der Waals surface area contributed by atoms with E-state index in [1.165, 1.54) is 23.1 Å². The Bertz CT molecular complexity index is 1410. The van der Waals surface area contributed by atoms with Crippen molar-refractivity contribution in [2.45, 2.75) is 102 Å². The number of primary amides is 1. The third kappa shape index (κ3) is 13.1. The van der Waals surface area contributed by atoms with Crippen molar-refractivity contribution in [2.24, 2.45) is 17.8 Å². The Morgan fingerprint density at radius 2 is 1.77 bits per heavy atom. The molecule has 10 nitrogen and oxygen atoms in total. The first kappa shape index (κ1) is 39.3.